The molecule has 1 aliphatic heterocycles. The Hall–Kier alpha value is -2.83. The summed E-state index contributed by atoms with van der Waals surface area (Å²) in [6, 6.07) is 9.38. The highest BCUT2D eigenvalue weighted by atomic mass is 19.2. The van der Waals surface area contributed by atoms with Crippen molar-refractivity contribution < 1.29 is 22.8 Å². The molecule has 0 aliphatic carbocycles. The van der Waals surface area contributed by atoms with E-state index in [0.717, 1.165) is 17.2 Å². The largest absolute Gasteiger partial charge is 0.337 e. The van der Waals surface area contributed by atoms with E-state index in [1.165, 1.54) is 13.8 Å². The summed E-state index contributed by atoms with van der Waals surface area (Å²) < 4.78 is 40.2. The molecule has 7 heteroatoms. The average Bonchev–Trinajstić information content (AvgIpc) is 2.67. The SMILES string of the molecule is CC(C)(C(=O)Nc1ccc(F)c(F)c1F)C(=O)N1CCc2ccccc2C1. The Bertz CT molecular complexity index is 912. The Labute approximate surface area is 155 Å². The summed E-state index contributed by atoms with van der Waals surface area (Å²) in [6.07, 6.45) is 0.678. The van der Waals surface area contributed by atoms with Crippen LogP contribution in [0.15, 0.2) is 36.4 Å². The summed E-state index contributed by atoms with van der Waals surface area (Å²) >= 11 is 0. The van der Waals surface area contributed by atoms with Gasteiger partial charge in [0.05, 0.1) is 5.69 Å². The van der Waals surface area contributed by atoms with Gasteiger partial charge in [0.25, 0.3) is 0 Å². The van der Waals surface area contributed by atoms with Crippen molar-refractivity contribution >= 4 is 17.5 Å². The van der Waals surface area contributed by atoms with Crippen molar-refractivity contribution in [3.8, 4) is 0 Å². The standard InChI is InChI=1S/C20H19F3N2O2/c1-20(2,18(26)24-15-8-7-14(21)16(22)17(15)23)19(27)25-10-9-12-5-3-4-6-13(12)11-25/h3-8H,9-11H2,1-2H3,(H,24,26). The third kappa shape index (κ3) is 3.54. The van der Waals surface area contributed by atoms with Gasteiger partial charge in [0.1, 0.15) is 5.41 Å². The van der Waals surface area contributed by atoms with Crippen molar-refractivity contribution in [3.05, 3.63) is 65.0 Å². The van der Waals surface area contributed by atoms with E-state index in [-0.39, 0.29) is 0 Å². The van der Waals surface area contributed by atoms with Gasteiger partial charge in [-0.3, -0.25) is 9.59 Å². The van der Waals surface area contributed by atoms with Gasteiger partial charge in [-0.15, -0.1) is 0 Å². The van der Waals surface area contributed by atoms with Crippen LogP contribution in [-0.4, -0.2) is 23.3 Å². The van der Waals surface area contributed by atoms with Crippen molar-refractivity contribution in [1.29, 1.82) is 0 Å². The van der Waals surface area contributed by atoms with Crippen LogP contribution in [0.3, 0.4) is 0 Å². The molecule has 0 atom stereocenters. The number of carbonyl (C=O) groups excluding carboxylic acids is 2. The predicted molar refractivity (Wildman–Crippen MR) is 94.3 cm³/mol. The van der Waals surface area contributed by atoms with Gasteiger partial charge in [0.15, 0.2) is 17.5 Å². The fourth-order valence-corrected chi connectivity index (χ4v) is 3.06. The smallest absolute Gasteiger partial charge is 0.239 e. The second-order valence-electron chi connectivity index (χ2n) is 7.05. The number of halogens is 3. The van der Waals surface area contributed by atoms with Crippen LogP contribution in [0.1, 0.15) is 25.0 Å². The summed E-state index contributed by atoms with van der Waals surface area (Å²) in [6.45, 7) is 3.68. The molecule has 0 fully saturated rings. The van der Waals surface area contributed by atoms with Gasteiger partial charge in [0.2, 0.25) is 11.8 Å². The second kappa shape index (κ2) is 7.06. The van der Waals surface area contributed by atoms with Crippen LogP contribution in [0, 0.1) is 22.9 Å². The molecule has 0 spiro atoms. The fourth-order valence-electron chi connectivity index (χ4n) is 3.06. The Morgan fingerprint density at radius 1 is 1.00 bits per heavy atom. The minimum atomic E-state index is -1.68. The first kappa shape index (κ1) is 18.9. The quantitative estimate of drug-likeness (QED) is 0.657. The number of hydrogen-bond acceptors (Lipinski definition) is 2. The summed E-state index contributed by atoms with van der Waals surface area (Å²) in [5.41, 5.74) is 0.153. The van der Waals surface area contributed by atoms with E-state index in [0.29, 0.717) is 25.6 Å². The number of anilines is 1. The van der Waals surface area contributed by atoms with E-state index in [4.69, 9.17) is 0 Å². The maximum atomic E-state index is 13.8. The van der Waals surface area contributed by atoms with Crippen LogP contribution in [0.5, 0.6) is 0 Å². The molecule has 2 aromatic rings. The zero-order valence-electron chi connectivity index (χ0n) is 15.0. The minimum absolute atomic E-state index is 0.380. The van der Waals surface area contributed by atoms with E-state index < -0.39 is 40.4 Å². The number of nitrogens with one attached hydrogen (secondary N) is 1. The number of nitrogens with zero attached hydrogens (tertiary/aromatic N) is 1. The number of hydrogen-bond donors (Lipinski definition) is 1. The molecule has 0 bridgehead atoms. The second-order valence-corrected chi connectivity index (χ2v) is 7.05. The maximum absolute atomic E-state index is 13.8. The number of amides is 2. The first-order valence-electron chi connectivity index (χ1n) is 8.53. The highest BCUT2D eigenvalue weighted by Crippen LogP contribution is 2.28. The lowest BCUT2D eigenvalue weighted by atomic mass is 9.88. The molecular formula is C20H19F3N2O2. The van der Waals surface area contributed by atoms with E-state index in [2.05, 4.69) is 5.32 Å². The molecule has 142 valence electrons. The molecule has 27 heavy (non-hydrogen) atoms. The fraction of sp³-hybridized carbons (Fsp3) is 0.300. The lowest BCUT2D eigenvalue weighted by Gasteiger charge is -2.34. The van der Waals surface area contributed by atoms with Crippen LogP contribution in [0.2, 0.25) is 0 Å². The van der Waals surface area contributed by atoms with Crippen LogP contribution in [0.4, 0.5) is 18.9 Å². The first-order chi connectivity index (χ1) is 12.7. The molecule has 0 saturated carbocycles. The van der Waals surface area contributed by atoms with Gasteiger partial charge in [-0.2, -0.15) is 0 Å². The Morgan fingerprint density at radius 2 is 1.67 bits per heavy atom. The van der Waals surface area contributed by atoms with Gasteiger partial charge in [-0.25, -0.2) is 13.2 Å². The van der Waals surface area contributed by atoms with E-state index in [1.807, 2.05) is 24.3 Å². The average molecular weight is 376 g/mol. The van der Waals surface area contributed by atoms with Crippen LogP contribution >= 0.6 is 0 Å². The molecule has 0 saturated heterocycles. The zero-order valence-corrected chi connectivity index (χ0v) is 15.0. The predicted octanol–water partition coefficient (Wildman–Crippen LogP) is 3.65. The normalized spacial score (nSPS) is 13.9. The third-order valence-corrected chi connectivity index (χ3v) is 4.80. The molecule has 2 aromatic carbocycles. The summed E-state index contributed by atoms with van der Waals surface area (Å²) in [4.78, 5) is 27.0. The summed E-state index contributed by atoms with van der Waals surface area (Å²) in [7, 11) is 0. The van der Waals surface area contributed by atoms with Crippen molar-refractivity contribution in [2.24, 2.45) is 5.41 Å². The van der Waals surface area contributed by atoms with Gasteiger partial charge in [0, 0.05) is 13.1 Å². The van der Waals surface area contributed by atoms with E-state index in [1.54, 1.807) is 4.90 Å². The molecule has 0 unspecified atom stereocenters. The lowest BCUT2D eigenvalue weighted by Crippen LogP contribution is -2.48. The minimum Gasteiger partial charge on any atom is -0.337 e. The Kier molecular flexibility index (Phi) is 4.95. The van der Waals surface area contributed by atoms with E-state index >= 15 is 0 Å². The number of benzene rings is 2. The summed E-state index contributed by atoms with van der Waals surface area (Å²) in [5, 5.41) is 2.19. The molecule has 2 amide bonds. The number of rotatable bonds is 3. The highest BCUT2D eigenvalue weighted by Gasteiger charge is 2.40. The van der Waals surface area contributed by atoms with Crippen LogP contribution < -0.4 is 5.32 Å². The van der Waals surface area contributed by atoms with E-state index in [9.17, 15) is 22.8 Å². The van der Waals surface area contributed by atoms with Crippen molar-refractivity contribution in [2.45, 2.75) is 26.8 Å². The summed E-state index contributed by atoms with van der Waals surface area (Å²) in [5.74, 6) is -5.75. The molecule has 4 nitrogen and oxygen atoms in total. The molecule has 1 aliphatic rings. The third-order valence-electron chi connectivity index (χ3n) is 4.80. The van der Waals surface area contributed by atoms with Gasteiger partial charge >= 0.3 is 0 Å². The molecule has 0 aromatic heterocycles. The molecular weight excluding hydrogens is 357 g/mol. The highest BCUT2D eigenvalue weighted by molar-refractivity contribution is 6.09. The molecule has 1 N–H and O–H groups in total. The lowest BCUT2D eigenvalue weighted by molar-refractivity contribution is -0.147. The Balaban J connectivity index is 1.76. The maximum Gasteiger partial charge on any atom is 0.239 e. The molecule has 0 radical (unpaired) electrons. The zero-order chi connectivity index (χ0) is 19.8. The molecule has 1 heterocycles. The Morgan fingerprint density at radius 3 is 2.37 bits per heavy atom. The van der Waals surface area contributed by atoms with Crippen molar-refractivity contribution in [2.75, 3.05) is 11.9 Å². The van der Waals surface area contributed by atoms with Crippen molar-refractivity contribution in [1.82, 2.24) is 4.90 Å². The first-order valence-corrected chi connectivity index (χ1v) is 8.53. The number of carbonyl (C=O) groups is 2. The topological polar surface area (TPSA) is 49.4 Å². The van der Waals surface area contributed by atoms with Gasteiger partial charge in [-0.1, -0.05) is 24.3 Å². The van der Waals surface area contributed by atoms with Gasteiger partial charge in [-0.05, 0) is 43.5 Å². The van der Waals surface area contributed by atoms with Crippen LogP contribution in [-0.2, 0) is 22.6 Å². The number of fused-ring (bicyclic) bond motifs is 1. The van der Waals surface area contributed by atoms with Gasteiger partial charge < -0.3 is 10.2 Å². The van der Waals surface area contributed by atoms with Crippen molar-refractivity contribution in [3.63, 3.8) is 0 Å². The monoisotopic (exact) mass is 376 g/mol. The molecule has 3 rings (SSSR count). The van der Waals surface area contributed by atoms with Crippen LogP contribution in [0.25, 0.3) is 0 Å².